The van der Waals surface area contributed by atoms with Crippen LogP contribution < -0.4 is 10.9 Å². The number of likely N-dealkylation sites (N-methyl/N-ethyl adjacent to an activating group) is 1. The summed E-state index contributed by atoms with van der Waals surface area (Å²) in [6.45, 7) is 7.77. The Morgan fingerprint density at radius 2 is 1.93 bits per heavy atom. The van der Waals surface area contributed by atoms with Crippen LogP contribution in [-0.4, -0.2) is 64.5 Å². The number of aryl methyl sites for hydroxylation is 1. The van der Waals surface area contributed by atoms with Gasteiger partial charge in [0.2, 0.25) is 5.95 Å². The average molecular weight is 542 g/mol. The Kier molecular flexibility index (Phi) is 6.42. The summed E-state index contributed by atoms with van der Waals surface area (Å²) in [6, 6.07) is 11.5. The molecule has 0 saturated heterocycles. The Hall–Kier alpha value is -4.09. The first-order valence-corrected chi connectivity index (χ1v) is 13.7. The molecule has 0 amide bonds. The van der Waals surface area contributed by atoms with Gasteiger partial charge in [-0.15, -0.1) is 0 Å². The number of anilines is 2. The Balaban J connectivity index is 1.40. The second kappa shape index (κ2) is 9.83. The van der Waals surface area contributed by atoms with Gasteiger partial charge in [-0.05, 0) is 84.0 Å². The molecule has 4 heterocycles. The number of benzene rings is 1. The molecule has 40 heavy (non-hydrogen) atoms. The number of fused-ring (bicyclic) bond motifs is 2. The van der Waals surface area contributed by atoms with Crippen LogP contribution in [0.15, 0.2) is 47.4 Å². The lowest BCUT2D eigenvalue weighted by Crippen LogP contribution is -2.25. The fraction of sp³-hybridized carbons (Fsp3) is 0.414. The summed E-state index contributed by atoms with van der Waals surface area (Å²) in [7, 11) is 4.13. The van der Waals surface area contributed by atoms with Crippen molar-refractivity contribution in [2.24, 2.45) is 5.92 Å². The Bertz CT molecular complexity index is 1770. The van der Waals surface area contributed by atoms with Gasteiger partial charge < -0.3 is 19.9 Å². The Morgan fingerprint density at radius 1 is 1.12 bits per heavy atom. The van der Waals surface area contributed by atoms with Gasteiger partial charge in [-0.2, -0.15) is 4.98 Å². The van der Waals surface area contributed by atoms with E-state index in [0.29, 0.717) is 41.0 Å². The fourth-order valence-corrected chi connectivity index (χ4v) is 4.95. The third-order valence-corrected chi connectivity index (χ3v) is 7.35. The molecule has 0 spiro atoms. The smallest absolute Gasteiger partial charge is 0.278 e. The van der Waals surface area contributed by atoms with E-state index in [1.807, 2.05) is 31.2 Å². The van der Waals surface area contributed by atoms with E-state index in [9.17, 15) is 9.90 Å². The number of hydrogen-bond acceptors (Lipinski definition) is 8. The molecule has 0 radical (unpaired) electrons. The van der Waals surface area contributed by atoms with Gasteiger partial charge >= 0.3 is 0 Å². The highest BCUT2D eigenvalue weighted by Crippen LogP contribution is 2.31. The van der Waals surface area contributed by atoms with Crippen LogP contribution in [0.4, 0.5) is 11.6 Å². The number of rotatable bonds is 9. The zero-order chi connectivity index (χ0) is 28.2. The van der Waals surface area contributed by atoms with E-state index in [1.165, 1.54) is 0 Å². The molecule has 6 rings (SSSR count). The van der Waals surface area contributed by atoms with E-state index in [1.54, 1.807) is 35.5 Å². The Morgan fingerprint density at radius 3 is 2.65 bits per heavy atom. The summed E-state index contributed by atoms with van der Waals surface area (Å²) in [5.74, 6) is 2.31. The van der Waals surface area contributed by atoms with E-state index < -0.39 is 5.60 Å². The first-order chi connectivity index (χ1) is 19.1. The minimum atomic E-state index is -1.13. The van der Waals surface area contributed by atoms with Crippen molar-refractivity contribution in [3.63, 3.8) is 0 Å². The molecule has 0 bridgehead atoms. The quantitative estimate of drug-likeness (QED) is 0.291. The lowest BCUT2D eigenvalue weighted by Gasteiger charge is -2.18. The molecule has 208 valence electrons. The number of nitrogens with one attached hydrogen (secondary N) is 1. The molecule has 1 aliphatic rings. The predicted molar refractivity (Wildman–Crippen MR) is 155 cm³/mol. The number of hydrogen-bond donors (Lipinski definition) is 2. The number of imidazole rings is 1. The second-order valence-electron chi connectivity index (χ2n) is 11.5. The number of aliphatic hydroxyl groups is 1. The van der Waals surface area contributed by atoms with Crippen molar-refractivity contribution in [1.29, 1.82) is 0 Å². The lowest BCUT2D eigenvalue weighted by atomic mass is 10.1. The molecule has 11 heteroatoms. The van der Waals surface area contributed by atoms with Crippen LogP contribution in [0.1, 0.15) is 38.2 Å². The van der Waals surface area contributed by atoms with Crippen molar-refractivity contribution in [2.75, 3.05) is 26.0 Å². The summed E-state index contributed by atoms with van der Waals surface area (Å²) in [5.41, 5.74) is 2.47. The van der Waals surface area contributed by atoms with E-state index in [-0.39, 0.29) is 5.56 Å². The number of pyridine rings is 1. The molecule has 1 aliphatic carbocycles. The maximum Gasteiger partial charge on any atom is 0.278 e. The first-order valence-electron chi connectivity index (χ1n) is 13.7. The van der Waals surface area contributed by atoms with Crippen LogP contribution in [-0.2, 0) is 18.7 Å². The SMILES string of the molecule is Cc1nc2cc(Nc3ncc4c(=O)n(CC5CC5)n(-c5cccc(C(C)(C)O)n5)c4n3)ccc2n1CCN(C)C. The molecular weight excluding hydrogens is 506 g/mol. The van der Waals surface area contributed by atoms with Crippen LogP contribution in [0.3, 0.4) is 0 Å². The van der Waals surface area contributed by atoms with Gasteiger partial charge in [-0.25, -0.2) is 24.3 Å². The lowest BCUT2D eigenvalue weighted by molar-refractivity contribution is 0.0738. The maximum atomic E-state index is 13.5. The van der Waals surface area contributed by atoms with Gasteiger partial charge in [0.25, 0.3) is 5.56 Å². The van der Waals surface area contributed by atoms with Crippen molar-refractivity contribution in [3.8, 4) is 5.82 Å². The van der Waals surface area contributed by atoms with Crippen LogP contribution in [0.5, 0.6) is 0 Å². The third kappa shape index (κ3) is 4.98. The van der Waals surface area contributed by atoms with Gasteiger partial charge in [0, 0.05) is 31.5 Å². The largest absolute Gasteiger partial charge is 0.384 e. The normalized spacial score (nSPS) is 14.1. The first kappa shape index (κ1) is 26.1. The zero-order valence-corrected chi connectivity index (χ0v) is 23.6. The minimum Gasteiger partial charge on any atom is -0.384 e. The van der Waals surface area contributed by atoms with E-state index >= 15 is 0 Å². The monoisotopic (exact) mass is 541 g/mol. The molecule has 4 aromatic heterocycles. The molecule has 0 unspecified atom stereocenters. The molecule has 0 aliphatic heterocycles. The topological polar surface area (TPSA) is 119 Å². The van der Waals surface area contributed by atoms with E-state index in [2.05, 4.69) is 39.9 Å². The average Bonchev–Trinajstić information content (AvgIpc) is 3.61. The molecular formula is C29H35N9O2. The predicted octanol–water partition coefficient (Wildman–Crippen LogP) is 3.58. The molecule has 2 N–H and O–H groups in total. The summed E-state index contributed by atoms with van der Waals surface area (Å²) < 4.78 is 5.68. The molecule has 1 saturated carbocycles. The highest BCUT2D eigenvalue weighted by atomic mass is 16.3. The molecule has 1 fully saturated rings. The van der Waals surface area contributed by atoms with Crippen LogP contribution in [0, 0.1) is 12.8 Å². The zero-order valence-electron chi connectivity index (χ0n) is 23.6. The van der Waals surface area contributed by atoms with Gasteiger partial charge in [-0.1, -0.05) is 6.07 Å². The number of nitrogens with zero attached hydrogens (tertiary/aromatic N) is 8. The van der Waals surface area contributed by atoms with Crippen LogP contribution >= 0.6 is 0 Å². The van der Waals surface area contributed by atoms with Gasteiger partial charge in [0.15, 0.2) is 11.5 Å². The van der Waals surface area contributed by atoms with Gasteiger partial charge in [0.1, 0.15) is 16.8 Å². The minimum absolute atomic E-state index is 0.149. The van der Waals surface area contributed by atoms with E-state index in [4.69, 9.17) is 15.0 Å². The van der Waals surface area contributed by atoms with Gasteiger partial charge in [0.05, 0.1) is 16.7 Å². The van der Waals surface area contributed by atoms with E-state index in [0.717, 1.165) is 48.5 Å². The van der Waals surface area contributed by atoms with Crippen molar-refractivity contribution in [1.82, 2.24) is 38.8 Å². The number of aromatic nitrogens is 7. The summed E-state index contributed by atoms with van der Waals surface area (Å²) in [4.78, 5) is 34.3. The van der Waals surface area contributed by atoms with Crippen molar-refractivity contribution in [2.45, 2.75) is 52.3 Å². The molecule has 5 aromatic rings. The highest BCUT2D eigenvalue weighted by Gasteiger charge is 2.27. The van der Waals surface area contributed by atoms with Crippen molar-refractivity contribution < 1.29 is 5.11 Å². The van der Waals surface area contributed by atoms with Crippen LogP contribution in [0.2, 0.25) is 0 Å². The highest BCUT2D eigenvalue weighted by molar-refractivity contribution is 5.82. The molecule has 0 atom stereocenters. The molecule has 1 aromatic carbocycles. The summed E-state index contributed by atoms with van der Waals surface area (Å²) in [5, 5.41) is 14.3. The van der Waals surface area contributed by atoms with Gasteiger partial charge in [-0.3, -0.25) is 4.79 Å². The third-order valence-electron chi connectivity index (χ3n) is 7.35. The maximum absolute atomic E-state index is 13.5. The Labute approximate surface area is 232 Å². The standard InChI is InChI=1S/C29H35N9O2/c1-18-31-22-15-20(11-12-23(22)36(18)14-13-35(4)5)32-28-30-16-21-26(34-28)38(37(27(21)39)17-19-9-10-19)25-8-6-7-24(33-25)29(2,3)40/h6-8,11-12,15-16,19,40H,9-10,13-14,17H2,1-5H3,(H,30,32,34). The van der Waals surface area contributed by atoms with Crippen molar-refractivity contribution >= 4 is 33.7 Å². The second-order valence-corrected chi connectivity index (χ2v) is 11.5. The fourth-order valence-electron chi connectivity index (χ4n) is 4.95. The van der Waals surface area contributed by atoms with Crippen molar-refractivity contribution in [3.05, 3.63) is 64.5 Å². The van der Waals surface area contributed by atoms with Crippen LogP contribution in [0.25, 0.3) is 27.9 Å². The molecule has 11 nitrogen and oxygen atoms in total. The summed E-state index contributed by atoms with van der Waals surface area (Å²) >= 11 is 0. The summed E-state index contributed by atoms with van der Waals surface area (Å²) in [6.07, 6.45) is 3.76.